The SMILES string of the molecule is COc1cccc(-c2nn(SCC(=O)NC3CCCCC3)c(=S)n2-c2ccccc2)c1. The van der Waals surface area contributed by atoms with E-state index in [0.717, 1.165) is 29.8 Å². The fraction of sp³-hybridized carbons (Fsp3) is 0.348. The average molecular weight is 455 g/mol. The number of nitrogens with zero attached hydrogens (tertiary/aromatic N) is 3. The zero-order valence-corrected chi connectivity index (χ0v) is 19.1. The van der Waals surface area contributed by atoms with Crippen LogP contribution in [0.1, 0.15) is 32.1 Å². The molecule has 4 rings (SSSR count). The number of nitrogens with one attached hydrogen (secondary N) is 1. The third kappa shape index (κ3) is 5.19. The molecule has 0 spiro atoms. The topological polar surface area (TPSA) is 61.1 Å². The molecule has 1 amide bonds. The summed E-state index contributed by atoms with van der Waals surface area (Å²) in [6.07, 6.45) is 5.78. The predicted octanol–water partition coefficient (Wildman–Crippen LogP) is 5.02. The maximum atomic E-state index is 12.5. The first-order valence-electron chi connectivity index (χ1n) is 10.5. The second kappa shape index (κ2) is 10.2. The minimum absolute atomic E-state index is 0.0241. The largest absolute Gasteiger partial charge is 0.497 e. The van der Waals surface area contributed by atoms with Crippen molar-refractivity contribution < 1.29 is 9.53 Å². The standard InChI is InChI=1S/C23H26N4O2S2/c1-29-20-14-8-9-17(15-20)22-25-27(23(30)26(22)19-12-6-3-7-13-19)31-16-21(28)24-18-10-4-2-5-11-18/h3,6-9,12-15,18H,2,4-5,10-11,16H2,1H3,(H,24,28). The lowest BCUT2D eigenvalue weighted by atomic mass is 9.95. The van der Waals surface area contributed by atoms with Crippen molar-refractivity contribution in [2.24, 2.45) is 0 Å². The van der Waals surface area contributed by atoms with Crippen molar-refractivity contribution in [1.82, 2.24) is 19.1 Å². The van der Waals surface area contributed by atoms with Gasteiger partial charge in [0.05, 0.1) is 18.6 Å². The highest BCUT2D eigenvalue weighted by Gasteiger charge is 2.18. The summed E-state index contributed by atoms with van der Waals surface area (Å²) in [5.41, 5.74) is 1.81. The summed E-state index contributed by atoms with van der Waals surface area (Å²) in [4.78, 5) is 12.5. The van der Waals surface area contributed by atoms with Gasteiger partial charge in [-0.2, -0.15) is 4.09 Å². The van der Waals surface area contributed by atoms with Crippen LogP contribution in [0.2, 0.25) is 0 Å². The molecule has 2 aromatic carbocycles. The molecule has 8 heteroatoms. The molecule has 0 radical (unpaired) electrons. The summed E-state index contributed by atoms with van der Waals surface area (Å²) in [5.74, 6) is 1.75. The molecule has 1 aliphatic rings. The van der Waals surface area contributed by atoms with E-state index in [1.807, 2.05) is 59.2 Å². The minimum Gasteiger partial charge on any atom is -0.497 e. The van der Waals surface area contributed by atoms with Gasteiger partial charge in [0.1, 0.15) is 5.75 Å². The molecule has 0 saturated heterocycles. The van der Waals surface area contributed by atoms with E-state index in [2.05, 4.69) is 5.32 Å². The Labute approximate surface area is 191 Å². The fourth-order valence-electron chi connectivity index (χ4n) is 3.83. The number of benzene rings is 2. The van der Waals surface area contributed by atoms with E-state index in [1.54, 1.807) is 11.2 Å². The number of carbonyl (C=O) groups is 1. The molecular weight excluding hydrogens is 428 g/mol. The van der Waals surface area contributed by atoms with Crippen LogP contribution >= 0.6 is 24.2 Å². The number of hydrogen-bond acceptors (Lipinski definition) is 5. The van der Waals surface area contributed by atoms with Crippen molar-refractivity contribution in [3.05, 3.63) is 59.4 Å². The van der Waals surface area contributed by atoms with Crippen molar-refractivity contribution in [2.45, 2.75) is 38.1 Å². The first-order valence-corrected chi connectivity index (χ1v) is 11.9. The smallest absolute Gasteiger partial charge is 0.232 e. The third-order valence-corrected chi connectivity index (χ3v) is 6.74. The maximum absolute atomic E-state index is 12.5. The van der Waals surface area contributed by atoms with E-state index in [9.17, 15) is 4.79 Å². The number of aromatic nitrogens is 3. The lowest BCUT2D eigenvalue weighted by molar-refractivity contribution is -0.119. The van der Waals surface area contributed by atoms with Gasteiger partial charge < -0.3 is 10.1 Å². The Morgan fingerprint density at radius 1 is 1.16 bits per heavy atom. The number of amides is 1. The molecule has 1 fully saturated rings. The Balaban J connectivity index is 1.60. The Bertz CT molecular complexity index is 1090. The lowest BCUT2D eigenvalue weighted by Crippen LogP contribution is -2.37. The van der Waals surface area contributed by atoms with Crippen LogP contribution in [0.25, 0.3) is 17.1 Å². The van der Waals surface area contributed by atoms with Crippen molar-refractivity contribution >= 4 is 30.1 Å². The first kappa shape index (κ1) is 21.6. The van der Waals surface area contributed by atoms with Gasteiger partial charge in [-0.05, 0) is 61.3 Å². The van der Waals surface area contributed by atoms with Crippen molar-refractivity contribution in [1.29, 1.82) is 0 Å². The Hall–Kier alpha value is -2.58. The molecule has 0 atom stereocenters. The Kier molecular flexibility index (Phi) is 7.09. The molecular formula is C23H26N4O2S2. The second-order valence-corrected chi connectivity index (χ2v) is 8.82. The molecule has 0 bridgehead atoms. The molecule has 0 aliphatic heterocycles. The van der Waals surface area contributed by atoms with Gasteiger partial charge in [0.2, 0.25) is 10.7 Å². The van der Waals surface area contributed by atoms with E-state index in [1.165, 1.54) is 31.2 Å². The van der Waals surface area contributed by atoms with E-state index in [4.69, 9.17) is 22.1 Å². The normalized spacial score (nSPS) is 14.4. The van der Waals surface area contributed by atoms with E-state index < -0.39 is 0 Å². The van der Waals surface area contributed by atoms with E-state index in [-0.39, 0.29) is 11.7 Å². The highest BCUT2D eigenvalue weighted by molar-refractivity contribution is 7.98. The predicted molar refractivity (Wildman–Crippen MR) is 127 cm³/mol. The molecule has 31 heavy (non-hydrogen) atoms. The first-order chi connectivity index (χ1) is 15.2. The van der Waals surface area contributed by atoms with Crippen LogP contribution in [0.4, 0.5) is 0 Å². The zero-order valence-electron chi connectivity index (χ0n) is 17.5. The van der Waals surface area contributed by atoms with Crippen LogP contribution in [0.15, 0.2) is 54.6 Å². The van der Waals surface area contributed by atoms with Crippen LogP contribution in [0.3, 0.4) is 0 Å². The summed E-state index contributed by atoms with van der Waals surface area (Å²) in [6, 6.07) is 17.9. The van der Waals surface area contributed by atoms with Gasteiger partial charge in [0.25, 0.3) is 0 Å². The molecule has 6 nitrogen and oxygen atoms in total. The van der Waals surface area contributed by atoms with Crippen LogP contribution in [-0.2, 0) is 4.79 Å². The molecule has 1 aliphatic carbocycles. The average Bonchev–Trinajstić information content (AvgIpc) is 3.15. The van der Waals surface area contributed by atoms with Gasteiger partial charge in [0.15, 0.2) is 5.82 Å². The molecule has 1 aromatic heterocycles. The molecule has 0 unspecified atom stereocenters. The molecule has 1 heterocycles. The van der Waals surface area contributed by atoms with Gasteiger partial charge in [-0.25, -0.2) is 0 Å². The number of hydrogen-bond donors (Lipinski definition) is 1. The van der Waals surface area contributed by atoms with Crippen LogP contribution < -0.4 is 10.1 Å². The van der Waals surface area contributed by atoms with Gasteiger partial charge in [0, 0.05) is 11.6 Å². The van der Waals surface area contributed by atoms with Gasteiger partial charge >= 0.3 is 0 Å². The molecule has 3 aromatic rings. The number of methoxy groups -OCH3 is 1. The van der Waals surface area contributed by atoms with Crippen molar-refractivity contribution in [2.75, 3.05) is 12.9 Å². The molecule has 1 saturated carbocycles. The molecule has 162 valence electrons. The monoisotopic (exact) mass is 454 g/mol. The Morgan fingerprint density at radius 2 is 1.94 bits per heavy atom. The zero-order chi connectivity index (χ0) is 21.6. The lowest BCUT2D eigenvalue weighted by Gasteiger charge is -2.22. The van der Waals surface area contributed by atoms with Crippen LogP contribution in [0.5, 0.6) is 5.75 Å². The van der Waals surface area contributed by atoms with Crippen LogP contribution in [0, 0.1) is 4.77 Å². The van der Waals surface area contributed by atoms with Crippen LogP contribution in [-0.4, -0.2) is 38.6 Å². The van der Waals surface area contributed by atoms with E-state index in [0.29, 0.717) is 16.6 Å². The van der Waals surface area contributed by atoms with Gasteiger partial charge in [-0.3, -0.25) is 9.36 Å². The summed E-state index contributed by atoms with van der Waals surface area (Å²) in [5, 5.41) is 7.90. The summed E-state index contributed by atoms with van der Waals surface area (Å²) in [6.45, 7) is 0. The highest BCUT2D eigenvalue weighted by Crippen LogP contribution is 2.27. The summed E-state index contributed by atoms with van der Waals surface area (Å²) < 4.78 is 9.50. The molecule has 1 N–H and O–H groups in total. The fourth-order valence-corrected chi connectivity index (χ4v) is 4.87. The minimum atomic E-state index is 0.0241. The van der Waals surface area contributed by atoms with Gasteiger partial charge in [-0.15, -0.1) is 5.10 Å². The second-order valence-electron chi connectivity index (χ2n) is 7.56. The quantitative estimate of drug-likeness (QED) is 0.508. The number of ether oxygens (including phenoxy) is 1. The van der Waals surface area contributed by atoms with Gasteiger partial charge in [-0.1, -0.05) is 49.6 Å². The number of para-hydroxylation sites is 1. The van der Waals surface area contributed by atoms with Crippen molar-refractivity contribution in [3.8, 4) is 22.8 Å². The van der Waals surface area contributed by atoms with E-state index >= 15 is 0 Å². The Morgan fingerprint density at radius 3 is 2.68 bits per heavy atom. The number of rotatable bonds is 7. The highest BCUT2D eigenvalue weighted by atomic mass is 32.2. The number of carbonyl (C=O) groups excluding carboxylic acids is 1. The van der Waals surface area contributed by atoms with Crippen molar-refractivity contribution in [3.63, 3.8) is 0 Å². The maximum Gasteiger partial charge on any atom is 0.232 e. The summed E-state index contributed by atoms with van der Waals surface area (Å²) >= 11 is 7.06. The summed E-state index contributed by atoms with van der Waals surface area (Å²) in [7, 11) is 1.64. The third-order valence-electron chi connectivity index (χ3n) is 5.38.